The van der Waals surface area contributed by atoms with E-state index in [-0.39, 0.29) is 23.9 Å². The molecule has 2 aliphatic rings. The van der Waals surface area contributed by atoms with E-state index in [1.165, 1.54) is 24.0 Å². The molecule has 4 atom stereocenters. The number of carbonyl (C=O) groups is 1. The van der Waals surface area contributed by atoms with Crippen LogP contribution >= 0.6 is 11.6 Å². The van der Waals surface area contributed by atoms with E-state index in [2.05, 4.69) is 34.1 Å². The van der Waals surface area contributed by atoms with Crippen LogP contribution in [-0.2, 0) is 17.6 Å². The zero-order valence-corrected chi connectivity index (χ0v) is 35.7. The van der Waals surface area contributed by atoms with Crippen molar-refractivity contribution in [2.24, 2.45) is 11.8 Å². The number of hydrogen-bond acceptors (Lipinski definition) is 9. The Labute approximate surface area is 346 Å². The maximum Gasteiger partial charge on any atom is 0.338 e. The van der Waals surface area contributed by atoms with Crippen molar-refractivity contribution < 1.29 is 33.6 Å². The molecular weight excluding hydrogens is 740 g/mol. The summed E-state index contributed by atoms with van der Waals surface area (Å²) in [5.74, 6) is 2.71. The number of hydrogen-bond donors (Lipinski definition) is 1. The van der Waals surface area contributed by atoms with E-state index in [9.17, 15) is 9.90 Å². The Morgan fingerprint density at radius 1 is 0.632 bits per heavy atom. The topological polar surface area (TPSA) is 89.9 Å². The van der Waals surface area contributed by atoms with Crippen molar-refractivity contribution in [3.8, 4) is 23.0 Å². The van der Waals surface area contributed by atoms with Crippen LogP contribution in [-0.4, -0.2) is 101 Å². The molecular formula is C47H67ClN2O7. The third-order valence-electron chi connectivity index (χ3n) is 12.0. The fourth-order valence-electron chi connectivity index (χ4n) is 8.81. The van der Waals surface area contributed by atoms with Crippen molar-refractivity contribution in [3.63, 3.8) is 0 Å². The summed E-state index contributed by atoms with van der Waals surface area (Å²) in [6.45, 7) is 5.20. The summed E-state index contributed by atoms with van der Waals surface area (Å²) in [7, 11) is 6.68. The fourth-order valence-corrected chi connectivity index (χ4v) is 8.94. The largest absolute Gasteiger partial charge is 0.493 e. The summed E-state index contributed by atoms with van der Waals surface area (Å²) in [6.07, 6.45) is 13.7. The number of benzene rings is 3. The molecule has 10 heteroatoms. The van der Waals surface area contributed by atoms with Crippen LogP contribution in [0.15, 0.2) is 60.7 Å². The van der Waals surface area contributed by atoms with Gasteiger partial charge in [-0.15, -0.1) is 0 Å². The quantitative estimate of drug-likeness (QED) is 0.106. The molecule has 1 heterocycles. The average molecular weight is 808 g/mol. The zero-order chi connectivity index (χ0) is 40.4. The predicted octanol–water partition coefficient (Wildman–Crippen LogP) is 9.29. The molecule has 2 fully saturated rings. The highest BCUT2D eigenvalue weighted by atomic mass is 35.5. The molecule has 0 spiro atoms. The molecule has 0 amide bonds. The van der Waals surface area contributed by atoms with Gasteiger partial charge in [0, 0.05) is 24.0 Å². The highest BCUT2D eigenvalue weighted by Crippen LogP contribution is 2.35. The fraction of sp³-hybridized carbons (Fsp3) is 0.596. The number of aryl methyl sites for hydroxylation is 2. The lowest BCUT2D eigenvalue weighted by atomic mass is 9.78. The van der Waals surface area contributed by atoms with Crippen LogP contribution in [0.1, 0.15) is 98.5 Å². The summed E-state index contributed by atoms with van der Waals surface area (Å²) < 4.78 is 28.6. The van der Waals surface area contributed by atoms with Gasteiger partial charge in [0.1, 0.15) is 6.10 Å². The van der Waals surface area contributed by atoms with E-state index in [0.717, 1.165) is 133 Å². The van der Waals surface area contributed by atoms with E-state index in [1.807, 2.05) is 12.1 Å². The lowest BCUT2D eigenvalue weighted by molar-refractivity contribution is -0.0419. The number of nitrogens with zero attached hydrogens (tertiary/aromatic N) is 2. The molecule has 3 aromatic rings. The predicted molar refractivity (Wildman–Crippen MR) is 228 cm³/mol. The first-order valence-electron chi connectivity index (χ1n) is 21.3. The minimum Gasteiger partial charge on any atom is -0.493 e. The first-order valence-corrected chi connectivity index (χ1v) is 21.7. The Hall–Kier alpha value is -3.50. The van der Waals surface area contributed by atoms with Crippen LogP contribution in [0.4, 0.5) is 0 Å². The van der Waals surface area contributed by atoms with E-state index in [0.29, 0.717) is 17.1 Å². The summed E-state index contributed by atoms with van der Waals surface area (Å²) >= 11 is 6.21. The van der Waals surface area contributed by atoms with Crippen molar-refractivity contribution >= 4 is 17.6 Å². The Kier molecular flexibility index (Phi) is 18.6. The van der Waals surface area contributed by atoms with E-state index >= 15 is 0 Å². The van der Waals surface area contributed by atoms with Gasteiger partial charge in [-0.05, 0) is 150 Å². The Bertz CT molecular complexity index is 1640. The number of aliphatic hydroxyl groups is 1. The molecule has 5 rings (SSSR count). The average Bonchev–Trinajstić information content (AvgIpc) is 3.38. The molecule has 0 aromatic heterocycles. The maximum absolute atomic E-state index is 13.9. The smallest absolute Gasteiger partial charge is 0.338 e. The van der Waals surface area contributed by atoms with Gasteiger partial charge in [0.25, 0.3) is 0 Å². The van der Waals surface area contributed by atoms with E-state index < -0.39 is 6.10 Å². The number of methoxy groups -OCH3 is 4. The molecule has 1 N–H and O–H groups in total. The van der Waals surface area contributed by atoms with Crippen LogP contribution in [0.5, 0.6) is 23.0 Å². The summed E-state index contributed by atoms with van der Waals surface area (Å²) in [5, 5.41) is 12.5. The summed E-state index contributed by atoms with van der Waals surface area (Å²) in [6, 6.07) is 19.3. The van der Waals surface area contributed by atoms with Crippen molar-refractivity contribution in [2.45, 2.75) is 102 Å². The second-order valence-corrected chi connectivity index (χ2v) is 16.4. The molecule has 314 valence electrons. The maximum atomic E-state index is 13.9. The number of unbranched alkanes of at least 4 members (excludes halogenated alkanes) is 2. The number of carbonyl (C=O) groups excluding carboxylic acids is 1. The van der Waals surface area contributed by atoms with Gasteiger partial charge in [0.05, 0.1) is 40.1 Å². The van der Waals surface area contributed by atoms with E-state index in [4.69, 9.17) is 35.3 Å². The van der Waals surface area contributed by atoms with Crippen molar-refractivity contribution in [1.29, 1.82) is 0 Å². The first-order chi connectivity index (χ1) is 27.8. The Morgan fingerprint density at radius 3 is 1.72 bits per heavy atom. The Balaban J connectivity index is 1.35. The number of esters is 1. The van der Waals surface area contributed by atoms with Gasteiger partial charge in [-0.1, -0.05) is 55.8 Å². The van der Waals surface area contributed by atoms with Crippen LogP contribution in [0.2, 0.25) is 5.02 Å². The van der Waals surface area contributed by atoms with Crippen molar-refractivity contribution in [2.75, 3.05) is 67.7 Å². The molecule has 1 aliphatic carbocycles. The van der Waals surface area contributed by atoms with E-state index in [1.54, 1.807) is 52.7 Å². The van der Waals surface area contributed by atoms with Gasteiger partial charge < -0.3 is 33.7 Å². The van der Waals surface area contributed by atoms with Crippen LogP contribution < -0.4 is 18.9 Å². The lowest BCUT2D eigenvalue weighted by Crippen LogP contribution is -2.48. The molecule has 9 nitrogen and oxygen atoms in total. The minimum atomic E-state index is -0.424. The monoisotopic (exact) mass is 806 g/mol. The van der Waals surface area contributed by atoms with Crippen molar-refractivity contribution in [3.05, 3.63) is 82.4 Å². The summed E-state index contributed by atoms with van der Waals surface area (Å²) in [5.41, 5.74) is 2.96. The molecule has 1 saturated carbocycles. The highest BCUT2D eigenvalue weighted by Gasteiger charge is 2.39. The third-order valence-corrected chi connectivity index (χ3v) is 12.3. The van der Waals surface area contributed by atoms with Crippen LogP contribution in [0.3, 0.4) is 0 Å². The van der Waals surface area contributed by atoms with Gasteiger partial charge in [-0.25, -0.2) is 4.79 Å². The SMILES string of the molecule is COc1ccc(CCCCN2CCCN(CCCCc3ccc(OC)c(OC)c3)CC(C3CCCCCCCC3O)C(OC(=O)c3ccc(Cl)cc3)C2)cc1OC. The normalized spacial score (nSPS) is 21.5. The second-order valence-electron chi connectivity index (χ2n) is 15.9. The molecule has 1 aliphatic heterocycles. The number of halogens is 1. The van der Waals surface area contributed by atoms with Gasteiger partial charge in [-0.2, -0.15) is 0 Å². The second kappa shape index (κ2) is 23.8. The van der Waals surface area contributed by atoms with Crippen molar-refractivity contribution in [1.82, 2.24) is 9.80 Å². The van der Waals surface area contributed by atoms with Crippen LogP contribution in [0.25, 0.3) is 0 Å². The van der Waals surface area contributed by atoms with Gasteiger partial charge >= 0.3 is 5.97 Å². The van der Waals surface area contributed by atoms with Gasteiger partial charge in [-0.3, -0.25) is 4.90 Å². The zero-order valence-electron chi connectivity index (χ0n) is 34.9. The minimum absolute atomic E-state index is 0.00689. The number of rotatable bonds is 17. The van der Waals surface area contributed by atoms with Crippen LogP contribution in [0, 0.1) is 11.8 Å². The molecule has 3 aromatic carbocycles. The molecule has 57 heavy (non-hydrogen) atoms. The molecule has 4 unspecified atom stereocenters. The summed E-state index contributed by atoms with van der Waals surface area (Å²) in [4.78, 5) is 19.1. The molecule has 0 bridgehead atoms. The van der Waals surface area contributed by atoms with Gasteiger partial charge in [0.15, 0.2) is 23.0 Å². The number of aliphatic hydroxyl groups excluding tert-OH is 1. The molecule has 0 radical (unpaired) electrons. The standard InChI is InChI=1S/C47H67ClN2O7/c1-53-42-25-19-35(31-44(42)55-3)15-10-12-27-49-29-14-30-50(28-13-11-16-36-20-26-43(54-2)45(32-36)56-4)34-46(57-47(52)37-21-23-38(48)24-22-37)40(33-49)39-17-8-6-5-7-9-18-41(39)51/h19-26,31-32,39-41,46,51H,5-18,27-30,33-34H2,1-4H3. The first kappa shape index (κ1) is 44.6. The third kappa shape index (κ3) is 13.8. The Morgan fingerprint density at radius 2 is 1.16 bits per heavy atom. The highest BCUT2D eigenvalue weighted by molar-refractivity contribution is 6.30. The number of ether oxygens (including phenoxy) is 5. The van der Waals surface area contributed by atoms with Gasteiger partial charge in [0.2, 0.25) is 0 Å². The molecule has 1 saturated heterocycles. The lowest BCUT2D eigenvalue weighted by Gasteiger charge is -2.39.